The second-order valence-electron chi connectivity index (χ2n) is 12.2. The van der Waals surface area contributed by atoms with E-state index in [0.717, 1.165) is 22.6 Å². The van der Waals surface area contributed by atoms with Crippen LogP contribution in [0.2, 0.25) is 36.3 Å². The number of hydrogen-bond donors (Lipinski definition) is 0. The molecule has 0 spiro atoms. The van der Waals surface area contributed by atoms with Crippen LogP contribution in [-0.4, -0.2) is 38.0 Å². The monoisotopic (exact) mass is 530 g/mol. The summed E-state index contributed by atoms with van der Waals surface area (Å²) in [4.78, 5) is 0. The van der Waals surface area contributed by atoms with E-state index in [1.165, 1.54) is 0 Å². The third kappa shape index (κ3) is 6.88. The Balaban J connectivity index is 2.48. The maximum absolute atomic E-state index is 6.63. The molecule has 0 saturated carbocycles. The molecule has 2 rings (SSSR count). The Kier molecular flexibility index (Phi) is 9.06. The van der Waals surface area contributed by atoms with E-state index in [1.807, 2.05) is 30.3 Å². The van der Waals surface area contributed by atoms with Crippen molar-refractivity contribution in [1.82, 2.24) is 0 Å². The van der Waals surface area contributed by atoms with Crippen molar-refractivity contribution in [1.29, 1.82) is 0 Å². The van der Waals surface area contributed by atoms with E-state index in [1.54, 1.807) is 21.3 Å². The minimum Gasteiger partial charge on any atom is -0.541 e. The molecular weight excluding hydrogens is 484 g/mol. The first-order chi connectivity index (χ1) is 16.5. The molecule has 0 bridgehead atoms. The molecule has 5 nitrogen and oxygen atoms in total. The SMILES string of the molecule is COc1ccc(C=Cc2cc(OC)c(OC)c(O[Si](C)(C)C(C)(C)C)c2)cc1O[Si](C)(C)C(C)(C)C. The molecule has 0 aliphatic rings. The number of methoxy groups -OCH3 is 3. The topological polar surface area (TPSA) is 46.2 Å². The van der Waals surface area contributed by atoms with Gasteiger partial charge in [-0.3, -0.25) is 0 Å². The maximum Gasteiger partial charge on any atom is 0.250 e. The van der Waals surface area contributed by atoms with E-state index >= 15 is 0 Å². The van der Waals surface area contributed by atoms with Gasteiger partial charge in [-0.2, -0.15) is 0 Å². The molecule has 7 heteroatoms. The highest BCUT2D eigenvalue weighted by Crippen LogP contribution is 2.44. The van der Waals surface area contributed by atoms with E-state index in [9.17, 15) is 0 Å². The van der Waals surface area contributed by atoms with Crippen LogP contribution >= 0.6 is 0 Å². The van der Waals surface area contributed by atoms with Gasteiger partial charge in [0.15, 0.2) is 17.2 Å². The van der Waals surface area contributed by atoms with Crippen LogP contribution in [0.3, 0.4) is 0 Å². The molecule has 0 saturated heterocycles. The Bertz CT molecular complexity index is 1080. The summed E-state index contributed by atoms with van der Waals surface area (Å²) in [5.74, 6) is 3.49. The first-order valence-electron chi connectivity index (χ1n) is 12.5. The summed E-state index contributed by atoms with van der Waals surface area (Å²) in [6.07, 6.45) is 4.12. The van der Waals surface area contributed by atoms with E-state index in [0.29, 0.717) is 17.2 Å². The predicted octanol–water partition coefficient (Wildman–Crippen LogP) is 8.65. The third-order valence-corrected chi connectivity index (χ3v) is 16.2. The molecule has 200 valence electrons. The number of ether oxygens (including phenoxy) is 3. The molecule has 0 heterocycles. The van der Waals surface area contributed by atoms with Crippen LogP contribution in [0.4, 0.5) is 0 Å². The molecule has 0 fully saturated rings. The van der Waals surface area contributed by atoms with Crippen molar-refractivity contribution >= 4 is 28.8 Å². The highest BCUT2D eigenvalue weighted by Gasteiger charge is 2.40. The second-order valence-corrected chi connectivity index (χ2v) is 21.7. The van der Waals surface area contributed by atoms with Gasteiger partial charge in [-0.15, -0.1) is 0 Å². The zero-order valence-corrected chi connectivity index (χ0v) is 26.6. The largest absolute Gasteiger partial charge is 0.541 e. The Morgan fingerprint density at radius 3 is 1.47 bits per heavy atom. The van der Waals surface area contributed by atoms with Crippen LogP contribution in [0, 0.1) is 0 Å². The van der Waals surface area contributed by atoms with E-state index in [2.05, 4.69) is 79.9 Å². The van der Waals surface area contributed by atoms with Gasteiger partial charge in [0.1, 0.15) is 5.75 Å². The number of hydrogen-bond acceptors (Lipinski definition) is 5. The molecule has 0 amide bonds. The second kappa shape index (κ2) is 10.9. The van der Waals surface area contributed by atoms with Crippen molar-refractivity contribution in [3.8, 4) is 28.7 Å². The molecule has 0 aliphatic carbocycles. The van der Waals surface area contributed by atoms with Crippen molar-refractivity contribution < 1.29 is 23.1 Å². The summed E-state index contributed by atoms with van der Waals surface area (Å²) >= 11 is 0. The van der Waals surface area contributed by atoms with Crippen LogP contribution in [0.1, 0.15) is 52.7 Å². The van der Waals surface area contributed by atoms with Crippen molar-refractivity contribution in [3.05, 3.63) is 41.5 Å². The fourth-order valence-electron chi connectivity index (χ4n) is 3.05. The summed E-state index contributed by atoms with van der Waals surface area (Å²) < 4.78 is 30.1. The Morgan fingerprint density at radius 2 is 1.00 bits per heavy atom. The van der Waals surface area contributed by atoms with Crippen molar-refractivity contribution in [2.45, 2.75) is 77.8 Å². The molecule has 2 aromatic rings. The number of benzene rings is 2. The normalized spacial score (nSPS) is 13.0. The van der Waals surface area contributed by atoms with Gasteiger partial charge in [-0.1, -0.05) is 59.8 Å². The van der Waals surface area contributed by atoms with Gasteiger partial charge < -0.3 is 23.1 Å². The molecule has 0 unspecified atom stereocenters. The molecule has 0 atom stereocenters. The summed E-state index contributed by atoms with van der Waals surface area (Å²) in [6, 6.07) is 10.0. The van der Waals surface area contributed by atoms with Gasteiger partial charge in [0, 0.05) is 0 Å². The van der Waals surface area contributed by atoms with Crippen LogP contribution in [0.5, 0.6) is 28.7 Å². The van der Waals surface area contributed by atoms with Crippen LogP contribution in [0.25, 0.3) is 12.2 Å². The highest BCUT2D eigenvalue weighted by molar-refractivity contribution is 6.75. The van der Waals surface area contributed by atoms with E-state index in [-0.39, 0.29) is 10.1 Å². The van der Waals surface area contributed by atoms with Crippen LogP contribution in [0.15, 0.2) is 30.3 Å². The lowest BCUT2D eigenvalue weighted by Gasteiger charge is -2.37. The summed E-state index contributed by atoms with van der Waals surface area (Å²) in [5, 5.41) is 0.144. The van der Waals surface area contributed by atoms with E-state index in [4.69, 9.17) is 23.1 Å². The van der Waals surface area contributed by atoms with Gasteiger partial charge in [-0.25, -0.2) is 0 Å². The molecule has 0 N–H and O–H groups in total. The zero-order valence-electron chi connectivity index (χ0n) is 24.6. The lowest BCUT2D eigenvalue weighted by Crippen LogP contribution is -2.44. The summed E-state index contributed by atoms with van der Waals surface area (Å²) in [6.45, 7) is 22.3. The smallest absolute Gasteiger partial charge is 0.250 e. The first-order valence-corrected chi connectivity index (χ1v) is 18.3. The predicted molar refractivity (Wildman–Crippen MR) is 157 cm³/mol. The lowest BCUT2D eigenvalue weighted by atomic mass is 10.1. The van der Waals surface area contributed by atoms with Crippen LogP contribution < -0.4 is 23.1 Å². The van der Waals surface area contributed by atoms with Crippen molar-refractivity contribution in [2.24, 2.45) is 0 Å². The molecule has 0 aromatic heterocycles. The minimum atomic E-state index is -2.08. The molecule has 0 aliphatic heterocycles. The van der Waals surface area contributed by atoms with Crippen molar-refractivity contribution in [3.63, 3.8) is 0 Å². The van der Waals surface area contributed by atoms with Gasteiger partial charge >= 0.3 is 0 Å². The Hall–Kier alpha value is -2.39. The quantitative estimate of drug-likeness (QED) is 0.240. The molecule has 0 radical (unpaired) electrons. The van der Waals surface area contributed by atoms with Crippen LogP contribution in [-0.2, 0) is 0 Å². The average molecular weight is 531 g/mol. The molecule has 2 aromatic carbocycles. The first kappa shape index (κ1) is 29.8. The lowest BCUT2D eigenvalue weighted by molar-refractivity contribution is 0.340. The standard InChI is InChI=1S/C29H46O5Si2/c1-28(2,3)35(10,11)33-24-18-21(16-17-23(24)30-7)14-15-22-19-25(31-8)27(32-9)26(20-22)34-36(12,13)29(4,5)6/h14-20H,1-13H3. The van der Waals surface area contributed by atoms with Gasteiger partial charge in [0.05, 0.1) is 21.3 Å². The fraction of sp³-hybridized carbons (Fsp3) is 0.517. The molecule has 36 heavy (non-hydrogen) atoms. The average Bonchev–Trinajstić information content (AvgIpc) is 2.75. The fourth-order valence-corrected chi connectivity index (χ4v) is 5.07. The maximum atomic E-state index is 6.63. The summed E-state index contributed by atoms with van der Waals surface area (Å²) in [7, 11) is 0.871. The van der Waals surface area contributed by atoms with Crippen molar-refractivity contribution in [2.75, 3.05) is 21.3 Å². The van der Waals surface area contributed by atoms with Gasteiger partial charge in [0.25, 0.3) is 16.6 Å². The minimum absolute atomic E-state index is 0.0563. The zero-order chi connectivity index (χ0) is 27.5. The molecular formula is C29H46O5Si2. The van der Waals surface area contributed by atoms with Gasteiger partial charge in [0.2, 0.25) is 5.75 Å². The van der Waals surface area contributed by atoms with Gasteiger partial charge in [-0.05, 0) is 71.7 Å². The summed E-state index contributed by atoms with van der Waals surface area (Å²) in [5.41, 5.74) is 1.98. The third-order valence-electron chi connectivity index (χ3n) is 7.47. The number of rotatable bonds is 9. The Morgan fingerprint density at radius 1 is 0.556 bits per heavy atom. The Labute approximate surface area is 221 Å². The van der Waals surface area contributed by atoms with E-state index < -0.39 is 16.6 Å². The highest BCUT2D eigenvalue weighted by atomic mass is 28.4.